The molecule has 1 aliphatic carbocycles. The SMILES string of the molecule is COc1ccc2c3c1O[C@H]1C[C@@H](O)C=C[C@@]31CCN(C(CC=O)C(=O)O)C2. The molecule has 1 aromatic carbocycles. The summed E-state index contributed by atoms with van der Waals surface area (Å²) in [4.78, 5) is 24.6. The Kier molecular flexibility index (Phi) is 4.44. The molecule has 27 heavy (non-hydrogen) atoms. The lowest BCUT2D eigenvalue weighted by Gasteiger charge is -2.36. The second-order valence-electron chi connectivity index (χ2n) is 7.42. The topological polar surface area (TPSA) is 96.3 Å². The molecule has 4 rings (SSSR count). The second kappa shape index (κ2) is 6.65. The quantitative estimate of drug-likeness (QED) is 0.592. The minimum absolute atomic E-state index is 0.0465. The molecular formula is C20H23NO6. The molecule has 1 spiro atoms. The minimum atomic E-state index is -0.993. The highest BCUT2D eigenvalue weighted by Crippen LogP contribution is 2.55. The van der Waals surface area contributed by atoms with Gasteiger partial charge in [-0.2, -0.15) is 0 Å². The molecule has 144 valence electrons. The van der Waals surface area contributed by atoms with Gasteiger partial charge in [-0.3, -0.25) is 9.69 Å². The number of carbonyl (C=O) groups excluding carboxylic acids is 1. The zero-order valence-corrected chi connectivity index (χ0v) is 15.1. The zero-order valence-electron chi connectivity index (χ0n) is 15.1. The molecule has 4 atom stereocenters. The summed E-state index contributed by atoms with van der Waals surface area (Å²) in [6.45, 7) is 0.937. The number of hydrogen-bond donors (Lipinski definition) is 2. The molecule has 0 amide bonds. The van der Waals surface area contributed by atoms with Gasteiger partial charge in [-0.05, 0) is 18.1 Å². The molecule has 0 bridgehead atoms. The number of aliphatic carboxylic acids is 1. The summed E-state index contributed by atoms with van der Waals surface area (Å²) in [5.41, 5.74) is 1.58. The van der Waals surface area contributed by atoms with Crippen LogP contribution in [-0.4, -0.2) is 59.3 Å². The number of aldehydes is 1. The van der Waals surface area contributed by atoms with E-state index in [-0.39, 0.29) is 12.5 Å². The van der Waals surface area contributed by atoms with Crippen molar-refractivity contribution in [3.63, 3.8) is 0 Å². The average molecular weight is 373 g/mol. The number of rotatable bonds is 5. The van der Waals surface area contributed by atoms with E-state index < -0.39 is 23.5 Å². The maximum Gasteiger partial charge on any atom is 0.321 e. The van der Waals surface area contributed by atoms with Crippen LogP contribution in [0.5, 0.6) is 11.5 Å². The number of nitrogens with zero attached hydrogens (tertiary/aromatic N) is 1. The molecule has 1 aromatic rings. The van der Waals surface area contributed by atoms with Crippen LogP contribution in [0.2, 0.25) is 0 Å². The van der Waals surface area contributed by atoms with Crippen molar-refractivity contribution in [2.45, 2.75) is 49.5 Å². The summed E-state index contributed by atoms with van der Waals surface area (Å²) in [7, 11) is 1.59. The Morgan fingerprint density at radius 2 is 2.33 bits per heavy atom. The third-order valence-corrected chi connectivity index (χ3v) is 6.03. The summed E-state index contributed by atoms with van der Waals surface area (Å²) in [6.07, 6.45) is 4.76. The van der Waals surface area contributed by atoms with Gasteiger partial charge in [0.15, 0.2) is 11.5 Å². The molecule has 7 heteroatoms. The van der Waals surface area contributed by atoms with Crippen LogP contribution in [0.15, 0.2) is 24.3 Å². The molecule has 2 aliphatic heterocycles. The predicted molar refractivity (Wildman–Crippen MR) is 96.0 cm³/mol. The first-order valence-electron chi connectivity index (χ1n) is 9.15. The molecule has 2 heterocycles. The van der Waals surface area contributed by atoms with Gasteiger partial charge in [0.2, 0.25) is 0 Å². The molecular weight excluding hydrogens is 350 g/mol. The van der Waals surface area contributed by atoms with Crippen molar-refractivity contribution in [3.05, 3.63) is 35.4 Å². The van der Waals surface area contributed by atoms with E-state index in [4.69, 9.17) is 9.47 Å². The van der Waals surface area contributed by atoms with Gasteiger partial charge in [0.05, 0.1) is 18.6 Å². The first-order chi connectivity index (χ1) is 13.0. The van der Waals surface area contributed by atoms with Crippen molar-refractivity contribution in [2.24, 2.45) is 0 Å². The third kappa shape index (κ3) is 2.73. The standard InChI is InChI=1S/C20H23NO6/c1-26-15-3-2-12-11-21(14(5-9-22)19(24)25)8-7-20-6-4-13(23)10-16(20)27-18(15)17(12)20/h2-4,6,9,13-14,16,23H,5,7-8,10-11H2,1H3,(H,24,25)/t13-,14?,16-,20-/m0/s1. The molecule has 0 saturated carbocycles. The van der Waals surface area contributed by atoms with Crippen molar-refractivity contribution < 1.29 is 29.3 Å². The van der Waals surface area contributed by atoms with E-state index >= 15 is 0 Å². The lowest BCUT2D eigenvalue weighted by Crippen LogP contribution is -2.45. The highest BCUT2D eigenvalue weighted by Gasteiger charge is 2.53. The van der Waals surface area contributed by atoms with Crippen molar-refractivity contribution in [3.8, 4) is 11.5 Å². The lowest BCUT2D eigenvalue weighted by molar-refractivity contribution is -0.144. The number of ether oxygens (including phenoxy) is 2. The van der Waals surface area contributed by atoms with Gasteiger partial charge in [-0.1, -0.05) is 18.2 Å². The highest BCUT2D eigenvalue weighted by molar-refractivity contribution is 5.77. The molecule has 1 unspecified atom stereocenters. The van der Waals surface area contributed by atoms with Crippen LogP contribution in [0.4, 0.5) is 0 Å². The fourth-order valence-electron chi connectivity index (χ4n) is 4.72. The first kappa shape index (κ1) is 18.0. The summed E-state index contributed by atoms with van der Waals surface area (Å²) in [5, 5.41) is 19.7. The van der Waals surface area contributed by atoms with Crippen LogP contribution < -0.4 is 9.47 Å². The number of methoxy groups -OCH3 is 1. The van der Waals surface area contributed by atoms with Gasteiger partial charge in [0.25, 0.3) is 0 Å². The lowest BCUT2D eigenvalue weighted by atomic mass is 9.69. The van der Waals surface area contributed by atoms with Gasteiger partial charge in [-0.15, -0.1) is 0 Å². The third-order valence-electron chi connectivity index (χ3n) is 6.03. The van der Waals surface area contributed by atoms with Crippen molar-refractivity contribution in [1.82, 2.24) is 4.90 Å². The van der Waals surface area contributed by atoms with Gasteiger partial charge in [0, 0.05) is 31.5 Å². The normalized spacial score (nSPS) is 29.9. The van der Waals surface area contributed by atoms with Crippen LogP contribution in [0.3, 0.4) is 0 Å². The van der Waals surface area contributed by atoms with Gasteiger partial charge < -0.3 is 24.5 Å². The fourth-order valence-corrected chi connectivity index (χ4v) is 4.72. The van der Waals surface area contributed by atoms with Gasteiger partial charge >= 0.3 is 5.97 Å². The average Bonchev–Trinajstić information content (AvgIpc) is 2.88. The molecule has 0 fully saturated rings. The fraction of sp³-hybridized carbons (Fsp3) is 0.500. The molecule has 0 radical (unpaired) electrons. The van der Waals surface area contributed by atoms with E-state index in [1.165, 1.54) is 0 Å². The largest absolute Gasteiger partial charge is 0.493 e. The van der Waals surface area contributed by atoms with Crippen LogP contribution in [0.1, 0.15) is 30.4 Å². The summed E-state index contributed by atoms with van der Waals surface area (Å²) in [5.74, 6) is 0.331. The summed E-state index contributed by atoms with van der Waals surface area (Å²) in [6, 6.07) is 2.92. The van der Waals surface area contributed by atoms with E-state index in [1.807, 2.05) is 23.1 Å². The Labute approximate surface area is 157 Å². The summed E-state index contributed by atoms with van der Waals surface area (Å²) >= 11 is 0. The van der Waals surface area contributed by atoms with E-state index in [9.17, 15) is 19.8 Å². The molecule has 7 nitrogen and oxygen atoms in total. The maximum atomic E-state index is 11.7. The smallest absolute Gasteiger partial charge is 0.321 e. The van der Waals surface area contributed by atoms with Gasteiger partial charge in [-0.25, -0.2) is 0 Å². The van der Waals surface area contributed by atoms with Crippen LogP contribution >= 0.6 is 0 Å². The molecule has 3 aliphatic rings. The predicted octanol–water partition coefficient (Wildman–Crippen LogP) is 1.26. The Balaban J connectivity index is 1.82. The highest BCUT2D eigenvalue weighted by atomic mass is 16.5. The number of carboxylic acids is 1. The van der Waals surface area contributed by atoms with Gasteiger partial charge in [0.1, 0.15) is 18.4 Å². The Bertz CT molecular complexity index is 806. The minimum Gasteiger partial charge on any atom is -0.493 e. The number of carbonyl (C=O) groups is 2. The zero-order chi connectivity index (χ0) is 19.2. The Morgan fingerprint density at radius 1 is 1.52 bits per heavy atom. The van der Waals surface area contributed by atoms with Crippen LogP contribution in [0, 0.1) is 0 Å². The molecule has 0 saturated heterocycles. The second-order valence-corrected chi connectivity index (χ2v) is 7.42. The Hall–Kier alpha value is -2.38. The number of benzene rings is 1. The molecule has 2 N–H and O–H groups in total. The van der Waals surface area contributed by atoms with Crippen LogP contribution in [-0.2, 0) is 21.5 Å². The number of hydrogen-bond acceptors (Lipinski definition) is 6. The molecule has 0 aromatic heterocycles. The van der Waals surface area contributed by atoms with Crippen molar-refractivity contribution in [1.29, 1.82) is 0 Å². The van der Waals surface area contributed by atoms with Crippen LogP contribution in [0.25, 0.3) is 0 Å². The monoisotopic (exact) mass is 373 g/mol. The number of aliphatic hydroxyl groups is 1. The van der Waals surface area contributed by atoms with Crippen molar-refractivity contribution >= 4 is 12.3 Å². The van der Waals surface area contributed by atoms with E-state index in [0.717, 1.165) is 11.1 Å². The van der Waals surface area contributed by atoms with E-state index in [2.05, 4.69) is 0 Å². The number of carboxylic acid groups (broad SMARTS) is 1. The Morgan fingerprint density at radius 3 is 3.04 bits per heavy atom. The first-order valence-corrected chi connectivity index (χ1v) is 9.15. The number of aliphatic hydroxyl groups excluding tert-OH is 1. The maximum absolute atomic E-state index is 11.7. The van der Waals surface area contributed by atoms with E-state index in [1.54, 1.807) is 13.2 Å². The summed E-state index contributed by atoms with van der Waals surface area (Å²) < 4.78 is 11.7. The van der Waals surface area contributed by atoms with Crippen molar-refractivity contribution in [2.75, 3.05) is 13.7 Å². The van der Waals surface area contributed by atoms with E-state index in [0.29, 0.717) is 43.7 Å².